The maximum atomic E-state index is 10.4. The van der Waals surface area contributed by atoms with Crippen LogP contribution in [0, 0.1) is 66.0 Å². The monoisotopic (exact) mass is 426 g/mol. The van der Waals surface area contributed by atoms with E-state index in [2.05, 4.69) is 0 Å². The van der Waals surface area contributed by atoms with Crippen molar-refractivity contribution in [1.29, 1.82) is 0 Å². The molecule has 2 fully saturated rings. The quantitative estimate of drug-likeness (QED) is 0.539. The van der Waals surface area contributed by atoms with E-state index in [0.717, 1.165) is 12.8 Å². The van der Waals surface area contributed by atoms with Crippen molar-refractivity contribution in [3.05, 3.63) is 10.1 Å². The average molecular weight is 426 g/mol. The van der Waals surface area contributed by atoms with E-state index in [1.165, 1.54) is 12.8 Å². The molecule has 83 valence electrons. The predicted octanol–water partition coefficient (Wildman–Crippen LogP) is 1.59. The van der Waals surface area contributed by atoms with Crippen molar-refractivity contribution >= 4 is 0 Å². The predicted molar refractivity (Wildman–Crippen MR) is 51.5 cm³/mol. The van der Waals surface area contributed by atoms with Gasteiger partial charge in [-0.05, 0) is 24.7 Å². The van der Waals surface area contributed by atoms with Crippen LogP contribution in [0.15, 0.2) is 0 Å². The van der Waals surface area contributed by atoms with Crippen LogP contribution in [-0.4, -0.2) is 22.2 Å². The molecule has 0 aromatic carbocycles. The third-order valence-corrected chi connectivity index (χ3v) is 3.77. The van der Waals surface area contributed by atoms with Gasteiger partial charge in [0.1, 0.15) is 5.60 Å². The molecule has 0 bridgehead atoms. The number of nitrogens with zero attached hydrogens (tertiary/aromatic N) is 1. The van der Waals surface area contributed by atoms with E-state index in [9.17, 15) is 15.2 Å². The first-order chi connectivity index (χ1) is 6.59. The van der Waals surface area contributed by atoms with Gasteiger partial charge in [0.2, 0.25) is 6.54 Å². The van der Waals surface area contributed by atoms with Crippen LogP contribution in [0.2, 0.25) is 0 Å². The Hall–Kier alpha value is 0.802. The van der Waals surface area contributed by atoms with Crippen molar-refractivity contribution in [3.63, 3.8) is 0 Å². The molecular weight excluding hydrogens is 409 g/mol. The van der Waals surface area contributed by atoms with Crippen LogP contribution < -0.4 is 0 Å². The molecule has 0 heterocycles. The minimum Gasteiger partial charge on any atom is -0.383 e. The van der Waals surface area contributed by atoms with Gasteiger partial charge in [-0.25, -0.2) is 0 Å². The molecule has 2 saturated carbocycles. The second-order valence-electron chi connectivity index (χ2n) is 4.93. The van der Waals surface area contributed by atoms with Gasteiger partial charge in [-0.2, -0.15) is 0 Å². The molecule has 0 amide bonds. The van der Waals surface area contributed by atoms with E-state index in [0.29, 0.717) is 24.7 Å². The van der Waals surface area contributed by atoms with E-state index in [-0.39, 0.29) is 55.5 Å². The van der Waals surface area contributed by atoms with Crippen LogP contribution in [0.5, 0.6) is 0 Å². The third kappa shape index (κ3) is 3.38. The molecule has 2 rings (SSSR count). The maximum Gasteiger partial charge on any atom is 0.232 e. The van der Waals surface area contributed by atoms with Gasteiger partial charge in [0, 0.05) is 49.0 Å². The first kappa shape index (κ1) is 13.9. The van der Waals surface area contributed by atoms with Crippen molar-refractivity contribution in [2.75, 3.05) is 6.54 Å². The Morgan fingerprint density at radius 2 is 1.73 bits per heavy atom. The zero-order chi connectivity index (χ0) is 10.2. The Bertz CT molecular complexity index is 233. The summed E-state index contributed by atoms with van der Waals surface area (Å²) >= 11 is 0. The van der Waals surface area contributed by atoms with Crippen LogP contribution in [-0.2, 0) is 0 Å². The number of aliphatic hydroxyl groups is 1. The molecule has 5 heteroatoms. The zero-order valence-corrected chi connectivity index (χ0v) is 13.6. The summed E-state index contributed by atoms with van der Waals surface area (Å²) in [6.45, 7) is -0.264. The fourth-order valence-corrected chi connectivity index (χ4v) is 3.25. The third-order valence-electron chi connectivity index (χ3n) is 3.77. The molecule has 0 saturated heterocycles. The van der Waals surface area contributed by atoms with Gasteiger partial charge in [-0.15, -0.1) is 0 Å². The van der Waals surface area contributed by atoms with Crippen LogP contribution in [0.25, 0.3) is 0 Å². The van der Waals surface area contributed by atoms with Crippen molar-refractivity contribution in [1.82, 2.24) is 0 Å². The Balaban J connectivity index is 0.00000112. The Morgan fingerprint density at radius 1 is 1.27 bits per heavy atom. The Morgan fingerprint density at radius 3 is 2.13 bits per heavy atom. The Kier molecular flexibility index (Phi) is 5.01. The van der Waals surface area contributed by atoms with E-state index in [1.54, 1.807) is 0 Å². The van der Waals surface area contributed by atoms with Gasteiger partial charge in [-0.1, -0.05) is 25.7 Å². The van der Waals surface area contributed by atoms with E-state index in [4.69, 9.17) is 0 Å². The Labute approximate surface area is 126 Å². The fraction of sp³-hybridized carbons (Fsp3) is 1.00. The summed E-state index contributed by atoms with van der Waals surface area (Å²) in [5.41, 5.74) is -0.997. The molecule has 1 radical (unpaired) electrons. The molecule has 0 aliphatic heterocycles. The number of nitro groups is 1. The van der Waals surface area contributed by atoms with E-state index >= 15 is 0 Å². The van der Waals surface area contributed by atoms with Gasteiger partial charge in [0.05, 0.1) is 0 Å². The minimum absolute atomic E-state index is 0. The van der Waals surface area contributed by atoms with Crippen molar-refractivity contribution in [3.8, 4) is 0 Å². The maximum absolute atomic E-state index is 10.4. The normalized spacial score (nSPS) is 39.3. The van der Waals surface area contributed by atoms with Crippen molar-refractivity contribution < 1.29 is 54.1 Å². The topological polar surface area (TPSA) is 63.4 Å². The molecule has 4 nitrogen and oxygen atoms in total. The van der Waals surface area contributed by atoms with E-state index < -0.39 is 5.60 Å². The summed E-state index contributed by atoms with van der Waals surface area (Å²) in [5, 5.41) is 20.5. The number of rotatable bonds is 2. The van der Waals surface area contributed by atoms with Gasteiger partial charge in [0.25, 0.3) is 0 Å². The number of fused-ring (bicyclic) bond motifs is 1. The van der Waals surface area contributed by atoms with Gasteiger partial charge in [0.15, 0.2) is 0 Å². The summed E-state index contributed by atoms with van der Waals surface area (Å²) in [4.78, 5) is 10.0. The summed E-state index contributed by atoms with van der Waals surface area (Å²) < 4.78 is 0. The van der Waals surface area contributed by atoms with E-state index in [1.807, 2.05) is 0 Å². The standard InChI is InChI=1S/C10H17NO3.Ac/c12-10(7-11(13)14)5-8-3-1-2-4-9(8)6-10;/h8-9,12H,1-7H2;/t8-,9+,10?;. The summed E-state index contributed by atoms with van der Waals surface area (Å²) in [7, 11) is 0. The van der Waals surface area contributed by atoms with Crippen LogP contribution in [0.4, 0.5) is 0 Å². The molecule has 0 aromatic heterocycles. The van der Waals surface area contributed by atoms with Crippen LogP contribution in [0.1, 0.15) is 38.5 Å². The largest absolute Gasteiger partial charge is 0.383 e. The smallest absolute Gasteiger partial charge is 0.232 e. The molecule has 2 aliphatic rings. The molecule has 3 atom stereocenters. The summed E-state index contributed by atoms with van der Waals surface area (Å²) in [6, 6.07) is 0. The van der Waals surface area contributed by atoms with Crippen LogP contribution in [0.3, 0.4) is 0 Å². The number of hydrogen-bond acceptors (Lipinski definition) is 3. The van der Waals surface area contributed by atoms with Gasteiger partial charge >= 0.3 is 0 Å². The zero-order valence-electron chi connectivity index (χ0n) is 8.89. The SMILES string of the molecule is O=[N+]([O-])CC1(O)C[C@H]2CCCC[C@H]2C1.[Ac]. The molecule has 2 aliphatic carbocycles. The second kappa shape index (κ2) is 5.42. The van der Waals surface area contributed by atoms with Gasteiger partial charge < -0.3 is 5.11 Å². The molecule has 1 unspecified atom stereocenters. The first-order valence-corrected chi connectivity index (χ1v) is 5.43. The van der Waals surface area contributed by atoms with Gasteiger partial charge in [-0.3, -0.25) is 10.1 Å². The van der Waals surface area contributed by atoms with Crippen molar-refractivity contribution in [2.45, 2.75) is 44.1 Å². The fourth-order valence-electron chi connectivity index (χ4n) is 3.25. The molecule has 0 spiro atoms. The summed E-state index contributed by atoms with van der Waals surface area (Å²) in [5.74, 6) is 1.10. The average Bonchev–Trinajstić information content (AvgIpc) is 2.38. The molecule has 15 heavy (non-hydrogen) atoms. The molecular formula is C10H17AcNO3. The molecule has 0 aromatic rings. The minimum atomic E-state index is -0.997. The van der Waals surface area contributed by atoms with Crippen LogP contribution >= 0.6 is 0 Å². The van der Waals surface area contributed by atoms with Crippen molar-refractivity contribution in [2.24, 2.45) is 11.8 Å². The molecule has 1 N–H and O–H groups in total. The first-order valence-electron chi connectivity index (χ1n) is 5.43. The summed E-state index contributed by atoms with van der Waals surface area (Å²) in [6.07, 6.45) is 6.08. The number of hydrogen-bond donors (Lipinski definition) is 1. The second-order valence-corrected chi connectivity index (χ2v) is 4.93.